The summed E-state index contributed by atoms with van der Waals surface area (Å²) >= 11 is 0. The second-order valence-electron chi connectivity index (χ2n) is 8.92. The van der Waals surface area contributed by atoms with Crippen LogP contribution in [-0.2, 0) is 0 Å². The second kappa shape index (κ2) is 6.10. The molecule has 0 aromatic heterocycles. The van der Waals surface area contributed by atoms with E-state index in [9.17, 15) is 5.11 Å². The Morgan fingerprint density at radius 1 is 1.30 bits per heavy atom. The van der Waals surface area contributed by atoms with E-state index in [-0.39, 0.29) is 0 Å². The minimum Gasteiger partial charge on any atom is -0.491 e. The quantitative estimate of drug-likeness (QED) is 0.900. The number of hydrogen-bond donors (Lipinski definition) is 1. The Hall–Kier alpha value is -1.06. The number of ether oxygens (including phenoxy) is 1. The summed E-state index contributed by atoms with van der Waals surface area (Å²) in [6, 6.07) is 8.63. The first kappa shape index (κ1) is 16.8. The van der Waals surface area contributed by atoms with Gasteiger partial charge in [-0.25, -0.2) is 0 Å². The van der Waals surface area contributed by atoms with Crippen LogP contribution in [0.15, 0.2) is 24.3 Å². The smallest absolute Gasteiger partial charge is 0.119 e. The number of aliphatic hydroxyl groups is 1. The molecule has 2 aliphatic rings. The van der Waals surface area contributed by atoms with E-state index in [1.54, 1.807) is 0 Å². The van der Waals surface area contributed by atoms with E-state index in [1.165, 1.54) is 24.8 Å². The minimum atomic E-state index is -0.429. The molecule has 3 nitrogen and oxygen atoms in total. The molecule has 0 unspecified atom stereocenters. The highest BCUT2D eigenvalue weighted by molar-refractivity contribution is 5.27. The van der Waals surface area contributed by atoms with Gasteiger partial charge in [0.2, 0.25) is 0 Å². The number of benzene rings is 1. The lowest BCUT2D eigenvalue weighted by Gasteiger charge is -2.40. The summed E-state index contributed by atoms with van der Waals surface area (Å²) < 4.78 is 5.76. The van der Waals surface area contributed by atoms with Crippen LogP contribution in [0.5, 0.6) is 5.75 Å². The van der Waals surface area contributed by atoms with E-state index in [4.69, 9.17) is 4.74 Å². The van der Waals surface area contributed by atoms with E-state index in [2.05, 4.69) is 38.7 Å². The molecule has 1 N–H and O–H groups in total. The molecule has 0 radical (unpaired) electrons. The molecule has 1 saturated carbocycles. The van der Waals surface area contributed by atoms with Crippen LogP contribution in [0.3, 0.4) is 0 Å². The summed E-state index contributed by atoms with van der Waals surface area (Å²) in [5, 5.41) is 10.4. The van der Waals surface area contributed by atoms with Crippen LogP contribution in [0, 0.1) is 17.8 Å². The second-order valence-corrected chi connectivity index (χ2v) is 8.92. The van der Waals surface area contributed by atoms with Crippen LogP contribution in [0.4, 0.5) is 0 Å². The molecule has 3 heteroatoms. The van der Waals surface area contributed by atoms with Gasteiger partial charge < -0.3 is 9.84 Å². The van der Waals surface area contributed by atoms with Gasteiger partial charge >= 0.3 is 0 Å². The van der Waals surface area contributed by atoms with Gasteiger partial charge in [-0.3, -0.25) is 4.90 Å². The fourth-order valence-electron chi connectivity index (χ4n) is 5.01. The number of β-amino-alcohol motifs (C(OH)–C–C–N with tert-alkyl or cyclic N) is 1. The van der Waals surface area contributed by atoms with Crippen molar-refractivity contribution >= 4 is 0 Å². The third kappa shape index (κ3) is 4.07. The van der Waals surface area contributed by atoms with E-state index in [0.29, 0.717) is 23.5 Å². The maximum Gasteiger partial charge on any atom is 0.119 e. The lowest BCUT2D eigenvalue weighted by molar-refractivity contribution is 0.0584. The van der Waals surface area contributed by atoms with E-state index in [0.717, 1.165) is 18.8 Å². The molecule has 1 aliphatic heterocycles. The molecule has 3 atom stereocenters. The fourth-order valence-corrected chi connectivity index (χ4v) is 5.01. The summed E-state index contributed by atoms with van der Waals surface area (Å²) in [7, 11) is 0. The molecule has 2 fully saturated rings. The predicted molar refractivity (Wildman–Crippen MR) is 93.8 cm³/mol. The average molecular weight is 317 g/mol. The number of hydrogen-bond acceptors (Lipinski definition) is 3. The molecular formula is C20H31NO2. The first-order valence-corrected chi connectivity index (χ1v) is 8.86. The highest BCUT2D eigenvalue weighted by Crippen LogP contribution is 2.52. The van der Waals surface area contributed by atoms with Crippen molar-refractivity contribution in [3.63, 3.8) is 0 Å². The summed E-state index contributed by atoms with van der Waals surface area (Å²) in [6.45, 7) is 11.4. The Kier molecular flexibility index (Phi) is 4.45. The Labute approximate surface area is 140 Å². The summed E-state index contributed by atoms with van der Waals surface area (Å²) in [4.78, 5) is 2.50. The number of aliphatic hydroxyl groups excluding tert-OH is 1. The van der Waals surface area contributed by atoms with Crippen LogP contribution < -0.4 is 4.74 Å². The van der Waals surface area contributed by atoms with E-state index >= 15 is 0 Å². The third-order valence-electron chi connectivity index (χ3n) is 5.40. The van der Waals surface area contributed by atoms with Crippen molar-refractivity contribution in [3.8, 4) is 5.75 Å². The zero-order valence-electron chi connectivity index (χ0n) is 15.0. The standard InChI is InChI=1S/C20H31NO2/c1-15-6-5-7-18(8-15)23-12-17(22)11-21-14-20(4)10-16(21)9-19(2,3)13-20/h5-8,16-17,22H,9-14H2,1-4H3/t16-,17+,20-/m1/s1. The molecule has 1 heterocycles. The molecule has 1 aromatic carbocycles. The highest BCUT2D eigenvalue weighted by atomic mass is 16.5. The largest absolute Gasteiger partial charge is 0.491 e. The van der Waals surface area contributed by atoms with Crippen molar-refractivity contribution in [1.82, 2.24) is 4.90 Å². The average Bonchev–Trinajstić information content (AvgIpc) is 2.65. The molecule has 1 aromatic rings. The van der Waals surface area contributed by atoms with Gasteiger partial charge in [0.25, 0.3) is 0 Å². The zero-order chi connectivity index (χ0) is 16.7. The first-order valence-electron chi connectivity index (χ1n) is 8.86. The monoisotopic (exact) mass is 317 g/mol. The first-order chi connectivity index (χ1) is 10.7. The molecule has 3 rings (SSSR count). The summed E-state index contributed by atoms with van der Waals surface area (Å²) in [6.07, 6.45) is 3.39. The lowest BCUT2D eigenvalue weighted by Crippen LogP contribution is -2.39. The molecule has 23 heavy (non-hydrogen) atoms. The van der Waals surface area contributed by atoms with Gasteiger partial charge in [0.05, 0.1) is 0 Å². The van der Waals surface area contributed by atoms with Crippen LogP contribution in [0.2, 0.25) is 0 Å². The zero-order valence-corrected chi connectivity index (χ0v) is 15.0. The van der Waals surface area contributed by atoms with Gasteiger partial charge in [0.1, 0.15) is 18.5 Å². The van der Waals surface area contributed by atoms with Crippen molar-refractivity contribution in [1.29, 1.82) is 0 Å². The maximum atomic E-state index is 10.4. The lowest BCUT2D eigenvalue weighted by atomic mass is 9.65. The highest BCUT2D eigenvalue weighted by Gasteiger charge is 2.49. The molecular weight excluding hydrogens is 286 g/mol. The molecule has 0 amide bonds. The summed E-state index contributed by atoms with van der Waals surface area (Å²) in [5.74, 6) is 0.845. The number of likely N-dealkylation sites (tertiary alicyclic amines) is 1. The van der Waals surface area contributed by atoms with Crippen molar-refractivity contribution in [2.75, 3.05) is 19.7 Å². The predicted octanol–water partition coefficient (Wildman–Crippen LogP) is 3.64. The van der Waals surface area contributed by atoms with Crippen LogP contribution >= 0.6 is 0 Å². The minimum absolute atomic E-state index is 0.368. The Bertz CT molecular complexity index is 556. The fraction of sp³-hybridized carbons (Fsp3) is 0.700. The number of rotatable bonds is 5. The van der Waals surface area contributed by atoms with Crippen molar-refractivity contribution < 1.29 is 9.84 Å². The maximum absolute atomic E-state index is 10.4. The van der Waals surface area contributed by atoms with Crippen LogP contribution in [0.1, 0.15) is 45.6 Å². The number of aryl methyl sites for hydroxylation is 1. The van der Waals surface area contributed by atoms with E-state index < -0.39 is 6.10 Å². The van der Waals surface area contributed by atoms with Gasteiger partial charge in [-0.1, -0.05) is 32.9 Å². The normalized spacial score (nSPS) is 31.1. The Morgan fingerprint density at radius 2 is 2.09 bits per heavy atom. The molecule has 1 saturated heterocycles. The van der Waals surface area contributed by atoms with Crippen molar-refractivity contribution in [2.45, 2.75) is 59.1 Å². The molecule has 2 bridgehead atoms. The molecule has 0 spiro atoms. The Balaban J connectivity index is 1.53. The Morgan fingerprint density at radius 3 is 2.83 bits per heavy atom. The topological polar surface area (TPSA) is 32.7 Å². The molecule has 128 valence electrons. The van der Waals surface area contributed by atoms with Gasteiger partial charge in [-0.2, -0.15) is 0 Å². The molecule has 1 aliphatic carbocycles. The van der Waals surface area contributed by atoms with Gasteiger partial charge in [-0.05, 0) is 54.7 Å². The van der Waals surface area contributed by atoms with Gasteiger partial charge in [0, 0.05) is 19.1 Å². The number of nitrogens with zero attached hydrogens (tertiary/aromatic N) is 1. The van der Waals surface area contributed by atoms with Crippen LogP contribution in [0.25, 0.3) is 0 Å². The van der Waals surface area contributed by atoms with E-state index in [1.807, 2.05) is 18.2 Å². The van der Waals surface area contributed by atoms with Crippen LogP contribution in [-0.4, -0.2) is 41.8 Å². The van der Waals surface area contributed by atoms with Gasteiger partial charge in [-0.15, -0.1) is 0 Å². The number of fused-ring (bicyclic) bond motifs is 2. The summed E-state index contributed by atoms with van der Waals surface area (Å²) in [5.41, 5.74) is 2.03. The SMILES string of the molecule is Cc1cccc(OC[C@@H](O)CN2C[C@]3(C)C[C@H]2CC(C)(C)C3)c1. The van der Waals surface area contributed by atoms with Gasteiger partial charge in [0.15, 0.2) is 0 Å². The van der Waals surface area contributed by atoms with Crippen molar-refractivity contribution in [2.24, 2.45) is 10.8 Å². The third-order valence-corrected chi connectivity index (χ3v) is 5.40. The van der Waals surface area contributed by atoms with Crippen molar-refractivity contribution in [3.05, 3.63) is 29.8 Å².